The summed E-state index contributed by atoms with van der Waals surface area (Å²) < 4.78 is 0.883. The van der Waals surface area contributed by atoms with E-state index in [1.165, 1.54) is 10.4 Å². The first kappa shape index (κ1) is 12.7. The molecule has 3 rings (SSSR count). The van der Waals surface area contributed by atoms with Crippen LogP contribution in [-0.2, 0) is 13.0 Å². The summed E-state index contributed by atoms with van der Waals surface area (Å²) in [5, 5.41) is 9.93. The zero-order valence-corrected chi connectivity index (χ0v) is 12.7. The minimum Gasteiger partial charge on any atom is -0.384 e. The number of hydrogen-bond acceptors (Lipinski definition) is 3. The molecule has 0 saturated carbocycles. The third-order valence-corrected chi connectivity index (χ3v) is 5.09. The van der Waals surface area contributed by atoms with Gasteiger partial charge in [0.15, 0.2) is 0 Å². The van der Waals surface area contributed by atoms with Crippen LogP contribution in [0.15, 0.2) is 34.1 Å². The molecule has 1 aromatic carbocycles. The van der Waals surface area contributed by atoms with Crippen molar-refractivity contribution in [2.45, 2.75) is 13.0 Å². The fraction of sp³-hybridized carbons (Fsp3) is 0.214. The summed E-state index contributed by atoms with van der Waals surface area (Å²) in [5.41, 5.74) is 8.95. The number of nitrogens with one attached hydrogen (secondary N) is 1. The minimum atomic E-state index is 0.110. The van der Waals surface area contributed by atoms with E-state index >= 15 is 0 Å². The number of fused-ring (bicyclic) bond motifs is 1. The van der Waals surface area contributed by atoms with Gasteiger partial charge in [-0.15, -0.1) is 11.3 Å². The Kier molecular flexibility index (Phi) is 3.33. The first-order valence-corrected chi connectivity index (χ1v) is 7.77. The third-order valence-electron chi connectivity index (χ3n) is 3.41. The Hall–Kier alpha value is -1.33. The van der Waals surface area contributed by atoms with Crippen molar-refractivity contribution in [3.8, 4) is 0 Å². The predicted octanol–water partition coefficient (Wildman–Crippen LogP) is 3.36. The molecule has 98 valence electrons. The summed E-state index contributed by atoms with van der Waals surface area (Å²) in [4.78, 5) is 3.78. The number of nitrogens with two attached hydrogens (primary N) is 1. The van der Waals surface area contributed by atoms with Gasteiger partial charge in [0, 0.05) is 28.1 Å². The van der Waals surface area contributed by atoms with E-state index in [9.17, 15) is 0 Å². The smallest absolute Gasteiger partial charge is 0.126 e. The van der Waals surface area contributed by atoms with Gasteiger partial charge in [-0.1, -0.05) is 6.07 Å². The summed E-state index contributed by atoms with van der Waals surface area (Å²) in [6.07, 6.45) is 1.07. The van der Waals surface area contributed by atoms with Crippen LogP contribution in [0.4, 0.5) is 5.69 Å². The highest BCUT2D eigenvalue weighted by atomic mass is 79.9. The molecule has 3 nitrogen and oxygen atoms in total. The maximum Gasteiger partial charge on any atom is 0.126 e. The number of benzene rings is 1. The van der Waals surface area contributed by atoms with Crippen LogP contribution in [0.5, 0.6) is 0 Å². The van der Waals surface area contributed by atoms with Gasteiger partial charge in [0.05, 0.1) is 5.56 Å². The van der Waals surface area contributed by atoms with Crippen molar-refractivity contribution in [2.75, 3.05) is 11.4 Å². The molecule has 0 amide bonds. The first-order valence-electron chi connectivity index (χ1n) is 6.10. The second kappa shape index (κ2) is 4.98. The number of halogens is 1. The molecule has 2 aromatic rings. The van der Waals surface area contributed by atoms with Gasteiger partial charge in [0.2, 0.25) is 0 Å². The summed E-state index contributed by atoms with van der Waals surface area (Å²) >= 11 is 5.33. The summed E-state index contributed by atoms with van der Waals surface area (Å²) in [5.74, 6) is 0.110. The lowest BCUT2D eigenvalue weighted by atomic mass is 10.1. The number of anilines is 1. The number of nitrogen functional groups attached to an aromatic ring is 1. The third kappa shape index (κ3) is 2.28. The topological polar surface area (TPSA) is 53.1 Å². The molecule has 0 bridgehead atoms. The van der Waals surface area contributed by atoms with Crippen LogP contribution in [0.2, 0.25) is 0 Å². The van der Waals surface area contributed by atoms with E-state index in [-0.39, 0.29) is 5.84 Å². The second-order valence-electron chi connectivity index (χ2n) is 4.59. The lowest BCUT2D eigenvalue weighted by Gasteiger charge is -2.31. The molecule has 2 heterocycles. The minimum absolute atomic E-state index is 0.110. The lowest BCUT2D eigenvalue weighted by molar-refractivity contribution is 0.743. The van der Waals surface area contributed by atoms with Gasteiger partial charge in [0.25, 0.3) is 0 Å². The van der Waals surface area contributed by atoms with E-state index in [0.717, 1.165) is 35.2 Å². The van der Waals surface area contributed by atoms with Crippen molar-refractivity contribution in [1.29, 1.82) is 5.41 Å². The predicted molar refractivity (Wildman–Crippen MR) is 84.2 cm³/mol. The highest BCUT2D eigenvalue weighted by Gasteiger charge is 2.21. The molecule has 1 aliphatic rings. The van der Waals surface area contributed by atoms with Crippen LogP contribution < -0.4 is 10.6 Å². The Morgan fingerprint density at radius 2 is 2.21 bits per heavy atom. The van der Waals surface area contributed by atoms with Crippen LogP contribution in [0.1, 0.15) is 16.0 Å². The van der Waals surface area contributed by atoms with Crippen molar-refractivity contribution in [3.63, 3.8) is 0 Å². The van der Waals surface area contributed by atoms with Gasteiger partial charge in [-0.2, -0.15) is 0 Å². The number of nitrogens with zero attached hydrogens (tertiary/aromatic N) is 1. The fourth-order valence-corrected chi connectivity index (χ4v) is 3.96. The van der Waals surface area contributed by atoms with Crippen LogP contribution in [0.25, 0.3) is 0 Å². The molecule has 0 saturated heterocycles. The Labute approximate surface area is 124 Å². The van der Waals surface area contributed by atoms with Gasteiger partial charge >= 0.3 is 0 Å². The van der Waals surface area contributed by atoms with Gasteiger partial charge < -0.3 is 10.6 Å². The van der Waals surface area contributed by atoms with Crippen molar-refractivity contribution in [2.24, 2.45) is 5.73 Å². The van der Waals surface area contributed by atoms with E-state index in [4.69, 9.17) is 11.1 Å². The molecular weight excluding hydrogens is 322 g/mol. The van der Waals surface area contributed by atoms with E-state index in [0.29, 0.717) is 0 Å². The molecule has 0 unspecified atom stereocenters. The lowest BCUT2D eigenvalue weighted by Crippen LogP contribution is -2.31. The molecule has 0 fully saturated rings. The van der Waals surface area contributed by atoms with Gasteiger partial charge in [-0.3, -0.25) is 5.41 Å². The monoisotopic (exact) mass is 335 g/mol. The van der Waals surface area contributed by atoms with Crippen molar-refractivity contribution in [1.82, 2.24) is 0 Å². The second-order valence-corrected chi connectivity index (χ2v) is 6.44. The number of thiophene rings is 1. The Morgan fingerprint density at radius 1 is 1.37 bits per heavy atom. The number of hydrogen-bond donors (Lipinski definition) is 2. The Balaban J connectivity index is 2.00. The van der Waals surface area contributed by atoms with Crippen molar-refractivity contribution >= 4 is 38.8 Å². The van der Waals surface area contributed by atoms with Crippen LogP contribution in [-0.4, -0.2) is 12.4 Å². The summed E-state index contributed by atoms with van der Waals surface area (Å²) in [7, 11) is 0. The van der Waals surface area contributed by atoms with E-state index in [2.05, 4.69) is 32.3 Å². The number of rotatable bonds is 2. The van der Waals surface area contributed by atoms with Gasteiger partial charge in [-0.05, 0) is 51.5 Å². The maximum atomic E-state index is 7.77. The SMILES string of the molecule is N=C(N)c1c(Br)cccc1N1CCc2sccc2C1. The molecule has 1 aliphatic heterocycles. The maximum absolute atomic E-state index is 7.77. The van der Waals surface area contributed by atoms with E-state index in [1.807, 2.05) is 29.5 Å². The quantitative estimate of drug-likeness (QED) is 0.653. The average Bonchev–Trinajstić information content (AvgIpc) is 2.85. The molecule has 0 radical (unpaired) electrons. The molecule has 0 spiro atoms. The van der Waals surface area contributed by atoms with Crippen molar-refractivity contribution < 1.29 is 0 Å². The van der Waals surface area contributed by atoms with Gasteiger partial charge in [0.1, 0.15) is 5.84 Å². The van der Waals surface area contributed by atoms with E-state index in [1.54, 1.807) is 0 Å². The van der Waals surface area contributed by atoms with Gasteiger partial charge in [-0.25, -0.2) is 0 Å². The number of amidine groups is 1. The summed E-state index contributed by atoms with van der Waals surface area (Å²) in [6, 6.07) is 8.16. The molecule has 0 atom stereocenters. The Bertz CT molecular complexity index is 635. The standard InChI is InChI=1S/C14H14BrN3S/c15-10-2-1-3-11(13(10)14(16)17)18-6-4-12-9(8-18)5-7-19-12/h1-3,5,7H,4,6,8H2,(H3,16,17). The zero-order valence-electron chi connectivity index (χ0n) is 10.3. The average molecular weight is 336 g/mol. The first-order chi connectivity index (χ1) is 9.16. The molecule has 3 N–H and O–H groups in total. The van der Waals surface area contributed by atoms with Crippen LogP contribution in [0.3, 0.4) is 0 Å². The molecular formula is C14H14BrN3S. The Morgan fingerprint density at radius 3 is 3.00 bits per heavy atom. The highest BCUT2D eigenvalue weighted by molar-refractivity contribution is 9.10. The van der Waals surface area contributed by atoms with Crippen LogP contribution in [0, 0.1) is 5.41 Å². The molecule has 5 heteroatoms. The summed E-state index contributed by atoms with van der Waals surface area (Å²) in [6.45, 7) is 1.87. The largest absolute Gasteiger partial charge is 0.384 e. The zero-order chi connectivity index (χ0) is 13.4. The molecule has 1 aromatic heterocycles. The van der Waals surface area contributed by atoms with E-state index < -0.39 is 0 Å². The highest BCUT2D eigenvalue weighted by Crippen LogP contribution is 2.32. The molecule has 19 heavy (non-hydrogen) atoms. The fourth-order valence-electron chi connectivity index (χ4n) is 2.50. The normalized spacial score (nSPS) is 14.3. The van der Waals surface area contributed by atoms with Crippen molar-refractivity contribution in [3.05, 3.63) is 50.1 Å². The van der Waals surface area contributed by atoms with Crippen LogP contribution >= 0.6 is 27.3 Å². The molecule has 0 aliphatic carbocycles.